The molecule has 2 aliphatic heterocycles. The number of hydrogen-bond donors (Lipinski definition) is 2. The fourth-order valence-electron chi connectivity index (χ4n) is 14.6. The van der Waals surface area contributed by atoms with Crippen LogP contribution in [0, 0.1) is 69.5 Å². The molecular formula is C41H64N2O4. The molecule has 262 valence electrons. The number of carboxylic acid groups (broad SMARTS) is 1. The molecule has 47 heavy (non-hydrogen) atoms. The van der Waals surface area contributed by atoms with Crippen molar-refractivity contribution in [3.8, 4) is 0 Å². The molecule has 6 aliphatic carbocycles. The van der Waals surface area contributed by atoms with Crippen LogP contribution in [-0.2, 0) is 14.3 Å². The first-order valence-electron chi connectivity index (χ1n) is 20.3. The van der Waals surface area contributed by atoms with E-state index in [0.717, 1.165) is 62.7 Å². The van der Waals surface area contributed by atoms with Crippen LogP contribution in [0.2, 0.25) is 0 Å². The Morgan fingerprint density at radius 2 is 1.74 bits per heavy atom. The first-order valence-corrected chi connectivity index (χ1v) is 20.3. The lowest BCUT2D eigenvalue weighted by Gasteiger charge is -2.60. The van der Waals surface area contributed by atoms with Crippen LogP contribution in [0.3, 0.4) is 0 Å². The minimum absolute atomic E-state index is 0.101. The molecule has 2 saturated heterocycles. The minimum Gasteiger partial charge on any atom is -0.481 e. The van der Waals surface area contributed by atoms with Gasteiger partial charge in [0.2, 0.25) is 0 Å². The Bertz CT molecular complexity index is 1230. The second-order valence-electron chi connectivity index (χ2n) is 18.4. The van der Waals surface area contributed by atoms with Crippen molar-refractivity contribution >= 4 is 12.3 Å². The second-order valence-corrected chi connectivity index (χ2v) is 18.4. The molecule has 6 heteroatoms. The van der Waals surface area contributed by atoms with Crippen molar-refractivity contribution in [3.05, 3.63) is 11.6 Å². The first-order chi connectivity index (χ1) is 22.8. The lowest BCUT2D eigenvalue weighted by Crippen LogP contribution is -2.65. The van der Waals surface area contributed by atoms with Crippen molar-refractivity contribution in [1.82, 2.24) is 10.2 Å². The molecule has 0 aromatic heterocycles. The van der Waals surface area contributed by atoms with E-state index in [1.807, 2.05) is 0 Å². The Balaban J connectivity index is 1.06. The molecule has 0 aromatic carbocycles. The van der Waals surface area contributed by atoms with Crippen LogP contribution in [0.1, 0.15) is 117 Å². The third kappa shape index (κ3) is 4.71. The zero-order valence-corrected chi connectivity index (χ0v) is 29.8. The third-order valence-electron chi connectivity index (χ3n) is 16.5. The largest absolute Gasteiger partial charge is 0.481 e. The normalized spacial score (nSPS) is 48.0. The number of allylic oxidation sites excluding steroid dienone is 1. The fraction of sp³-hybridized carbons (Fsp3) is 0.902. The zero-order chi connectivity index (χ0) is 32.6. The van der Waals surface area contributed by atoms with Crippen LogP contribution in [0.25, 0.3) is 0 Å². The number of fused-ring (bicyclic) bond motifs is 3. The SMILES string of the molecule is CC(C)C1=CC2CC3(C=O)[C@@H]4CC[C@@H](C)[C@H]4CC2([C@H]2C[C@@H](C4CCCCC4)[C@H](CNCCN4CCC5CCCCC5C4)O2)[C@]13C(=O)O. The number of carbonyl (C=O) groups excluding carboxylic acids is 1. The highest BCUT2D eigenvalue weighted by Gasteiger charge is 2.86. The first kappa shape index (κ1) is 32.9. The van der Waals surface area contributed by atoms with Gasteiger partial charge in [0.15, 0.2) is 0 Å². The second kappa shape index (κ2) is 12.5. The Hall–Kier alpha value is -1.24. The van der Waals surface area contributed by atoms with Crippen molar-refractivity contribution in [1.29, 1.82) is 0 Å². The van der Waals surface area contributed by atoms with E-state index in [1.165, 1.54) is 83.6 Å². The molecule has 0 spiro atoms. The van der Waals surface area contributed by atoms with Gasteiger partial charge in [-0.3, -0.25) is 4.79 Å². The average molecular weight is 649 g/mol. The van der Waals surface area contributed by atoms with Gasteiger partial charge in [-0.15, -0.1) is 0 Å². The van der Waals surface area contributed by atoms with Gasteiger partial charge in [-0.1, -0.05) is 90.2 Å². The summed E-state index contributed by atoms with van der Waals surface area (Å²) in [5.74, 6) is 3.64. The summed E-state index contributed by atoms with van der Waals surface area (Å²) in [6, 6.07) is 0. The highest BCUT2D eigenvalue weighted by Crippen LogP contribution is 2.84. The highest BCUT2D eigenvalue weighted by molar-refractivity contribution is 5.90. The Labute approximate surface area is 284 Å². The van der Waals surface area contributed by atoms with Crippen LogP contribution in [0.5, 0.6) is 0 Å². The summed E-state index contributed by atoms with van der Waals surface area (Å²) in [6.45, 7) is 12.2. The van der Waals surface area contributed by atoms with Gasteiger partial charge >= 0.3 is 5.97 Å². The molecule has 5 unspecified atom stereocenters. The van der Waals surface area contributed by atoms with Crippen LogP contribution in [-0.4, -0.2) is 67.2 Å². The van der Waals surface area contributed by atoms with Crippen LogP contribution in [0.15, 0.2) is 11.6 Å². The van der Waals surface area contributed by atoms with E-state index < -0.39 is 22.2 Å². The molecule has 4 bridgehead atoms. The third-order valence-corrected chi connectivity index (χ3v) is 16.5. The topological polar surface area (TPSA) is 78.9 Å². The number of likely N-dealkylation sites (tertiary alicyclic amines) is 1. The van der Waals surface area contributed by atoms with Gasteiger partial charge in [0.05, 0.1) is 17.6 Å². The van der Waals surface area contributed by atoms with Crippen molar-refractivity contribution < 1.29 is 19.4 Å². The van der Waals surface area contributed by atoms with E-state index in [9.17, 15) is 14.7 Å². The molecule has 2 heterocycles. The van der Waals surface area contributed by atoms with Gasteiger partial charge in [-0.2, -0.15) is 0 Å². The van der Waals surface area contributed by atoms with Crippen LogP contribution in [0.4, 0.5) is 0 Å². The number of carboxylic acids is 1. The Morgan fingerprint density at radius 3 is 2.49 bits per heavy atom. The molecule has 0 amide bonds. The smallest absolute Gasteiger partial charge is 0.315 e. The molecule has 0 aromatic rings. The molecule has 5 saturated carbocycles. The molecule has 2 N–H and O–H groups in total. The number of aliphatic carboxylic acids is 1. The lowest BCUT2D eigenvalue weighted by atomic mass is 9.41. The lowest BCUT2D eigenvalue weighted by molar-refractivity contribution is -0.197. The number of nitrogens with one attached hydrogen (secondary N) is 1. The van der Waals surface area contributed by atoms with E-state index in [2.05, 4.69) is 37.1 Å². The molecular weight excluding hydrogens is 584 g/mol. The van der Waals surface area contributed by atoms with E-state index in [1.54, 1.807) is 0 Å². The van der Waals surface area contributed by atoms with Crippen molar-refractivity contribution in [2.45, 2.75) is 129 Å². The van der Waals surface area contributed by atoms with Gasteiger partial charge in [0.25, 0.3) is 0 Å². The predicted octanol–water partition coefficient (Wildman–Crippen LogP) is 7.37. The highest BCUT2D eigenvalue weighted by atomic mass is 16.5. The average Bonchev–Trinajstić information content (AvgIpc) is 3.80. The summed E-state index contributed by atoms with van der Waals surface area (Å²) in [5.41, 5.74) is -1.42. The van der Waals surface area contributed by atoms with Crippen LogP contribution >= 0.6 is 0 Å². The maximum absolute atomic E-state index is 14.1. The number of hydrogen-bond acceptors (Lipinski definition) is 5. The summed E-state index contributed by atoms with van der Waals surface area (Å²) < 4.78 is 7.42. The molecule has 0 radical (unpaired) electrons. The van der Waals surface area contributed by atoms with E-state index in [-0.39, 0.29) is 30.0 Å². The fourth-order valence-corrected chi connectivity index (χ4v) is 14.6. The van der Waals surface area contributed by atoms with Crippen molar-refractivity contribution in [2.24, 2.45) is 69.5 Å². The standard InChI is InChI=1S/C41H64N2O4/c1-26(2)35-19-31-21-39(25-44)34-14-13-27(3)33(34)22-40(31,41(35,39)38(45)46)37-20-32(29-10-5-4-6-11-29)36(47-37)23-42-16-18-43-17-15-28-9-7-8-12-30(28)24-43/h19,25-34,36-37,42H,4-18,20-24H2,1-3H3,(H,45,46)/t27-,28?,30?,31?,32+,33-,34-,36+,37-,39?,40?,41+/m1/s1. The number of carbonyl (C=O) groups is 2. The maximum Gasteiger partial charge on any atom is 0.315 e. The van der Waals surface area contributed by atoms with Crippen molar-refractivity contribution in [3.63, 3.8) is 0 Å². The number of nitrogens with zero attached hydrogens (tertiary/aromatic N) is 1. The van der Waals surface area contributed by atoms with Crippen LogP contribution < -0.4 is 5.32 Å². The summed E-state index contributed by atoms with van der Waals surface area (Å²) in [4.78, 5) is 30.5. The van der Waals surface area contributed by atoms with E-state index in [0.29, 0.717) is 30.1 Å². The molecule has 6 nitrogen and oxygen atoms in total. The monoisotopic (exact) mass is 648 g/mol. The summed E-state index contributed by atoms with van der Waals surface area (Å²) in [7, 11) is 0. The Kier molecular flexibility index (Phi) is 8.77. The summed E-state index contributed by atoms with van der Waals surface area (Å²) in [5, 5.41) is 15.5. The Morgan fingerprint density at radius 1 is 1.00 bits per heavy atom. The van der Waals surface area contributed by atoms with Gasteiger partial charge in [0, 0.05) is 31.6 Å². The van der Waals surface area contributed by atoms with Gasteiger partial charge in [-0.05, 0) is 98.3 Å². The summed E-state index contributed by atoms with van der Waals surface area (Å²) in [6.07, 6.45) is 21.9. The number of rotatable bonds is 10. The summed E-state index contributed by atoms with van der Waals surface area (Å²) >= 11 is 0. The minimum atomic E-state index is -1.14. The maximum atomic E-state index is 14.1. The number of ether oxygens (including phenoxy) is 1. The molecule has 12 atom stereocenters. The quantitative estimate of drug-likeness (QED) is 0.146. The van der Waals surface area contributed by atoms with E-state index >= 15 is 0 Å². The zero-order valence-electron chi connectivity index (χ0n) is 29.8. The van der Waals surface area contributed by atoms with E-state index in [4.69, 9.17) is 4.74 Å². The van der Waals surface area contributed by atoms with Gasteiger partial charge < -0.3 is 24.9 Å². The van der Waals surface area contributed by atoms with Gasteiger partial charge in [-0.25, -0.2) is 0 Å². The molecule has 7 fully saturated rings. The molecule has 8 rings (SSSR count). The van der Waals surface area contributed by atoms with Crippen molar-refractivity contribution in [2.75, 3.05) is 32.7 Å². The number of aldehydes is 1. The van der Waals surface area contributed by atoms with Gasteiger partial charge in [0.1, 0.15) is 11.7 Å². The molecule has 8 aliphatic rings. The number of piperidine rings is 1. The predicted molar refractivity (Wildman–Crippen MR) is 185 cm³/mol.